The SMILES string of the molecule is C[C@@H](CS(C)(=O)=O)N(C)C(=O)c1cc(Cl)ccc1I. The predicted octanol–water partition coefficient (Wildman–Crippen LogP) is 2.45. The van der Waals surface area contributed by atoms with Crippen LogP contribution in [-0.4, -0.2) is 44.3 Å². The smallest absolute Gasteiger partial charge is 0.254 e. The first kappa shape index (κ1) is 16.7. The van der Waals surface area contributed by atoms with E-state index in [-0.39, 0.29) is 11.7 Å². The lowest BCUT2D eigenvalue weighted by Gasteiger charge is -2.24. The van der Waals surface area contributed by atoms with Crippen LogP contribution < -0.4 is 0 Å². The predicted molar refractivity (Wildman–Crippen MR) is 85.4 cm³/mol. The average Bonchev–Trinajstić information content (AvgIpc) is 2.28. The minimum Gasteiger partial charge on any atom is -0.338 e. The van der Waals surface area contributed by atoms with Crippen LogP contribution in [0.25, 0.3) is 0 Å². The van der Waals surface area contributed by atoms with E-state index in [1.54, 1.807) is 32.2 Å². The van der Waals surface area contributed by atoms with Gasteiger partial charge in [-0.15, -0.1) is 0 Å². The summed E-state index contributed by atoms with van der Waals surface area (Å²) in [4.78, 5) is 13.7. The highest BCUT2D eigenvalue weighted by Gasteiger charge is 2.22. The molecule has 1 rings (SSSR count). The second-order valence-corrected chi connectivity index (χ2v) is 8.27. The molecule has 0 saturated carbocycles. The van der Waals surface area contributed by atoms with Crippen molar-refractivity contribution >= 4 is 49.9 Å². The van der Waals surface area contributed by atoms with Crippen LogP contribution in [-0.2, 0) is 9.84 Å². The molecule has 0 N–H and O–H groups in total. The van der Waals surface area contributed by atoms with E-state index in [0.29, 0.717) is 10.6 Å². The van der Waals surface area contributed by atoms with E-state index in [4.69, 9.17) is 11.6 Å². The van der Waals surface area contributed by atoms with Gasteiger partial charge < -0.3 is 4.90 Å². The quantitative estimate of drug-likeness (QED) is 0.710. The van der Waals surface area contributed by atoms with Crippen molar-refractivity contribution in [2.45, 2.75) is 13.0 Å². The molecule has 1 amide bonds. The fraction of sp³-hybridized carbons (Fsp3) is 0.417. The number of benzene rings is 1. The van der Waals surface area contributed by atoms with E-state index in [2.05, 4.69) is 22.6 Å². The Balaban J connectivity index is 2.96. The maximum atomic E-state index is 12.3. The summed E-state index contributed by atoms with van der Waals surface area (Å²) in [6, 6.07) is 4.66. The maximum absolute atomic E-state index is 12.3. The Labute approximate surface area is 132 Å². The van der Waals surface area contributed by atoms with Crippen LogP contribution in [0.4, 0.5) is 0 Å². The summed E-state index contributed by atoms with van der Waals surface area (Å²) in [6.45, 7) is 1.70. The number of amides is 1. The van der Waals surface area contributed by atoms with E-state index < -0.39 is 15.9 Å². The zero-order chi connectivity index (χ0) is 14.8. The minimum atomic E-state index is -3.12. The molecule has 7 heteroatoms. The second kappa shape index (κ2) is 6.41. The molecule has 0 radical (unpaired) electrons. The van der Waals surface area contributed by atoms with Crippen LogP contribution in [0.1, 0.15) is 17.3 Å². The normalized spacial score (nSPS) is 13.1. The molecule has 0 bridgehead atoms. The van der Waals surface area contributed by atoms with Gasteiger partial charge in [-0.05, 0) is 47.7 Å². The number of sulfone groups is 1. The number of hydrogen-bond acceptors (Lipinski definition) is 3. The Morgan fingerprint density at radius 3 is 2.58 bits per heavy atom. The first-order chi connectivity index (χ1) is 8.61. The molecule has 0 aliphatic rings. The number of carbonyl (C=O) groups is 1. The average molecular weight is 416 g/mol. The zero-order valence-electron chi connectivity index (χ0n) is 10.9. The maximum Gasteiger partial charge on any atom is 0.254 e. The lowest BCUT2D eigenvalue weighted by atomic mass is 10.2. The first-order valence-electron chi connectivity index (χ1n) is 5.51. The van der Waals surface area contributed by atoms with Crippen molar-refractivity contribution in [1.29, 1.82) is 0 Å². The molecule has 0 aliphatic heterocycles. The molecule has 1 aromatic carbocycles. The van der Waals surface area contributed by atoms with Crippen molar-refractivity contribution in [1.82, 2.24) is 4.90 Å². The van der Waals surface area contributed by atoms with Crippen LogP contribution in [0.5, 0.6) is 0 Å². The number of hydrogen-bond donors (Lipinski definition) is 0. The highest BCUT2D eigenvalue weighted by atomic mass is 127. The summed E-state index contributed by atoms with van der Waals surface area (Å²) in [5.74, 6) is -0.296. The van der Waals surface area contributed by atoms with Gasteiger partial charge >= 0.3 is 0 Å². The molecular weight excluding hydrogens is 401 g/mol. The van der Waals surface area contributed by atoms with E-state index in [9.17, 15) is 13.2 Å². The van der Waals surface area contributed by atoms with Crippen molar-refractivity contribution in [2.75, 3.05) is 19.1 Å². The van der Waals surface area contributed by atoms with Crippen molar-refractivity contribution in [2.24, 2.45) is 0 Å². The van der Waals surface area contributed by atoms with Crippen LogP contribution in [0.15, 0.2) is 18.2 Å². The van der Waals surface area contributed by atoms with Crippen LogP contribution in [0, 0.1) is 3.57 Å². The molecule has 106 valence electrons. The van der Waals surface area contributed by atoms with Crippen molar-refractivity contribution in [3.8, 4) is 0 Å². The summed E-state index contributed by atoms with van der Waals surface area (Å²) in [5, 5.41) is 0.480. The summed E-state index contributed by atoms with van der Waals surface area (Å²) in [6.07, 6.45) is 1.16. The summed E-state index contributed by atoms with van der Waals surface area (Å²) in [5.41, 5.74) is 0.482. The van der Waals surface area contributed by atoms with Gasteiger partial charge in [-0.2, -0.15) is 0 Å². The molecular formula is C12H15ClINO3S. The third-order valence-electron chi connectivity index (χ3n) is 2.68. The van der Waals surface area contributed by atoms with Gasteiger partial charge in [0.05, 0.1) is 11.3 Å². The van der Waals surface area contributed by atoms with Gasteiger partial charge in [0, 0.05) is 27.9 Å². The first-order valence-corrected chi connectivity index (χ1v) is 9.03. The fourth-order valence-corrected chi connectivity index (χ4v) is 3.44. The summed E-state index contributed by atoms with van der Waals surface area (Å²) < 4.78 is 23.3. The molecule has 4 nitrogen and oxygen atoms in total. The molecule has 0 spiro atoms. The van der Waals surface area contributed by atoms with Crippen LogP contribution in [0.3, 0.4) is 0 Å². The number of nitrogens with zero attached hydrogens (tertiary/aromatic N) is 1. The molecule has 0 aliphatic carbocycles. The Morgan fingerprint density at radius 1 is 1.47 bits per heavy atom. The van der Waals surface area contributed by atoms with Crippen LogP contribution in [0.2, 0.25) is 5.02 Å². The molecule has 0 saturated heterocycles. The number of carbonyl (C=O) groups excluding carboxylic acids is 1. The molecule has 0 aromatic heterocycles. The zero-order valence-corrected chi connectivity index (χ0v) is 14.6. The van der Waals surface area contributed by atoms with Crippen molar-refractivity contribution in [3.05, 3.63) is 32.4 Å². The second-order valence-electron chi connectivity index (χ2n) is 4.48. The third-order valence-corrected chi connectivity index (χ3v) is 4.95. The van der Waals surface area contributed by atoms with E-state index in [0.717, 1.165) is 9.83 Å². The van der Waals surface area contributed by atoms with Crippen molar-refractivity contribution in [3.63, 3.8) is 0 Å². The largest absolute Gasteiger partial charge is 0.338 e. The Hall–Kier alpha value is -0.340. The lowest BCUT2D eigenvalue weighted by molar-refractivity contribution is 0.0756. The monoisotopic (exact) mass is 415 g/mol. The molecule has 1 atom stereocenters. The number of halogens is 2. The molecule has 0 heterocycles. The van der Waals surface area contributed by atoms with Crippen LogP contribution >= 0.6 is 34.2 Å². The highest BCUT2D eigenvalue weighted by Crippen LogP contribution is 2.20. The standard InChI is InChI=1S/C12H15ClINO3S/c1-8(7-19(3,17)18)15(2)12(16)10-6-9(13)4-5-11(10)14/h4-6,8H,7H2,1-3H3/t8-/m0/s1. The molecule has 0 unspecified atom stereocenters. The van der Waals surface area contributed by atoms with Gasteiger partial charge in [-0.25, -0.2) is 8.42 Å². The van der Waals surface area contributed by atoms with Gasteiger partial charge in [0.15, 0.2) is 0 Å². The Bertz CT molecular complexity index is 589. The molecule has 19 heavy (non-hydrogen) atoms. The van der Waals surface area contributed by atoms with Crippen molar-refractivity contribution < 1.29 is 13.2 Å². The topological polar surface area (TPSA) is 54.5 Å². The lowest BCUT2D eigenvalue weighted by Crippen LogP contribution is -2.39. The van der Waals surface area contributed by atoms with Gasteiger partial charge in [0.2, 0.25) is 0 Å². The summed E-state index contributed by atoms with van der Waals surface area (Å²) in [7, 11) is -1.53. The van der Waals surface area contributed by atoms with Gasteiger partial charge in [-0.3, -0.25) is 4.79 Å². The fourth-order valence-electron chi connectivity index (χ4n) is 1.60. The Morgan fingerprint density at radius 2 is 2.05 bits per heavy atom. The van der Waals surface area contributed by atoms with Gasteiger partial charge in [0.25, 0.3) is 5.91 Å². The van der Waals surface area contributed by atoms with E-state index >= 15 is 0 Å². The van der Waals surface area contributed by atoms with Gasteiger partial charge in [0.1, 0.15) is 9.84 Å². The summed E-state index contributed by atoms with van der Waals surface area (Å²) >= 11 is 7.93. The van der Waals surface area contributed by atoms with E-state index in [1.165, 1.54) is 4.90 Å². The third kappa shape index (κ3) is 4.92. The Kier molecular flexibility index (Phi) is 5.64. The van der Waals surface area contributed by atoms with Gasteiger partial charge in [-0.1, -0.05) is 11.6 Å². The minimum absolute atomic E-state index is 0.0631. The highest BCUT2D eigenvalue weighted by molar-refractivity contribution is 14.1. The molecule has 1 aromatic rings. The number of rotatable bonds is 4. The van der Waals surface area contributed by atoms with E-state index in [1.807, 2.05) is 0 Å². The molecule has 0 fully saturated rings.